The minimum atomic E-state index is -1.13. The zero-order chi connectivity index (χ0) is 14.9. The molecule has 2 saturated heterocycles. The van der Waals surface area contributed by atoms with Gasteiger partial charge < -0.3 is 19.5 Å². The van der Waals surface area contributed by atoms with Gasteiger partial charge in [-0.1, -0.05) is 30.3 Å². The first-order valence-electron chi connectivity index (χ1n) is 6.94. The number of hydrogen-bond acceptors (Lipinski definition) is 5. The molecule has 0 spiro atoms. The maximum absolute atomic E-state index is 12.0. The molecule has 6 heteroatoms. The Balaban J connectivity index is 1.56. The highest BCUT2D eigenvalue weighted by atomic mass is 16.6. The summed E-state index contributed by atoms with van der Waals surface area (Å²) < 4.78 is 10.3. The standard InChI is InChI=1S/C15H17NO5/c17-13-8-15(19)6-7-16(9-12(15)21-13)14(18)20-10-11-4-2-1-3-5-11/h1-5,12,19H,6-10H2. The van der Waals surface area contributed by atoms with E-state index in [4.69, 9.17) is 9.47 Å². The maximum Gasteiger partial charge on any atom is 0.410 e. The zero-order valence-corrected chi connectivity index (χ0v) is 11.5. The first-order valence-corrected chi connectivity index (χ1v) is 6.94. The second-order valence-corrected chi connectivity index (χ2v) is 5.50. The van der Waals surface area contributed by atoms with Crippen molar-refractivity contribution in [2.24, 2.45) is 0 Å². The van der Waals surface area contributed by atoms with Gasteiger partial charge in [-0.05, 0) is 12.0 Å². The average Bonchev–Trinajstić information content (AvgIpc) is 2.78. The van der Waals surface area contributed by atoms with E-state index in [1.807, 2.05) is 30.3 Å². The Morgan fingerprint density at radius 2 is 2.19 bits per heavy atom. The van der Waals surface area contributed by atoms with E-state index in [-0.39, 0.29) is 19.6 Å². The van der Waals surface area contributed by atoms with Crippen LogP contribution in [-0.2, 0) is 20.9 Å². The fourth-order valence-corrected chi connectivity index (χ4v) is 2.73. The predicted octanol–water partition coefficient (Wildman–Crippen LogP) is 1.08. The van der Waals surface area contributed by atoms with Crippen LogP contribution in [0.25, 0.3) is 0 Å². The van der Waals surface area contributed by atoms with E-state index in [2.05, 4.69) is 0 Å². The summed E-state index contributed by atoms with van der Waals surface area (Å²) in [6.07, 6.45) is -0.777. The number of aliphatic hydroxyl groups is 1. The zero-order valence-electron chi connectivity index (χ0n) is 11.5. The number of nitrogens with zero attached hydrogens (tertiary/aromatic N) is 1. The number of carbonyl (C=O) groups is 2. The molecule has 2 aliphatic heterocycles. The van der Waals surface area contributed by atoms with Crippen LogP contribution in [0, 0.1) is 0 Å². The molecule has 6 nitrogen and oxygen atoms in total. The molecule has 2 fully saturated rings. The highest BCUT2D eigenvalue weighted by Crippen LogP contribution is 2.34. The molecular weight excluding hydrogens is 274 g/mol. The van der Waals surface area contributed by atoms with E-state index >= 15 is 0 Å². The summed E-state index contributed by atoms with van der Waals surface area (Å²) in [5.74, 6) is -0.415. The van der Waals surface area contributed by atoms with Gasteiger partial charge in [0.25, 0.3) is 0 Å². The lowest BCUT2D eigenvalue weighted by molar-refractivity contribution is -0.144. The first kappa shape index (κ1) is 13.9. The molecule has 2 aliphatic rings. The lowest BCUT2D eigenvalue weighted by atomic mass is 9.88. The number of piperidine rings is 1. The number of likely N-dealkylation sites (tertiary alicyclic amines) is 1. The SMILES string of the molecule is O=C1CC2(O)CCN(C(=O)OCc3ccccc3)CC2O1. The lowest BCUT2D eigenvalue weighted by Gasteiger charge is -2.37. The quantitative estimate of drug-likeness (QED) is 0.825. The maximum atomic E-state index is 12.0. The second kappa shape index (κ2) is 5.37. The second-order valence-electron chi connectivity index (χ2n) is 5.50. The van der Waals surface area contributed by atoms with Gasteiger partial charge in [-0.2, -0.15) is 0 Å². The number of esters is 1. The molecular formula is C15H17NO5. The van der Waals surface area contributed by atoms with Gasteiger partial charge in [0.2, 0.25) is 0 Å². The van der Waals surface area contributed by atoms with Crippen LogP contribution >= 0.6 is 0 Å². The van der Waals surface area contributed by atoms with Crippen molar-refractivity contribution in [3.05, 3.63) is 35.9 Å². The molecule has 112 valence electrons. The van der Waals surface area contributed by atoms with Crippen molar-refractivity contribution in [1.29, 1.82) is 0 Å². The van der Waals surface area contributed by atoms with Crippen LogP contribution in [0.5, 0.6) is 0 Å². The molecule has 2 unspecified atom stereocenters. The average molecular weight is 291 g/mol. The molecule has 1 aromatic carbocycles. The van der Waals surface area contributed by atoms with Gasteiger partial charge >= 0.3 is 12.1 Å². The summed E-state index contributed by atoms with van der Waals surface area (Å²) in [4.78, 5) is 24.8. The molecule has 0 aliphatic carbocycles. The molecule has 21 heavy (non-hydrogen) atoms. The van der Waals surface area contributed by atoms with Crippen molar-refractivity contribution in [3.63, 3.8) is 0 Å². The summed E-state index contributed by atoms with van der Waals surface area (Å²) in [6.45, 7) is 0.734. The number of amides is 1. The van der Waals surface area contributed by atoms with Crippen LogP contribution in [0.1, 0.15) is 18.4 Å². The summed E-state index contributed by atoms with van der Waals surface area (Å²) in [6, 6.07) is 9.40. The third-order valence-corrected chi connectivity index (χ3v) is 3.99. The molecule has 0 saturated carbocycles. The van der Waals surface area contributed by atoms with Gasteiger partial charge in [-0.3, -0.25) is 4.79 Å². The number of carbonyl (C=O) groups excluding carboxylic acids is 2. The number of fused-ring (bicyclic) bond motifs is 1. The van der Waals surface area contributed by atoms with Gasteiger partial charge in [0.15, 0.2) is 0 Å². The summed E-state index contributed by atoms with van der Waals surface area (Å²) >= 11 is 0. The van der Waals surface area contributed by atoms with E-state index < -0.39 is 23.8 Å². The van der Waals surface area contributed by atoms with Crippen LogP contribution in [-0.4, -0.2) is 46.9 Å². The predicted molar refractivity (Wildman–Crippen MR) is 72.3 cm³/mol. The monoisotopic (exact) mass is 291 g/mol. The van der Waals surface area contributed by atoms with Crippen molar-refractivity contribution in [2.45, 2.75) is 31.2 Å². The van der Waals surface area contributed by atoms with Gasteiger partial charge in [-0.25, -0.2) is 4.79 Å². The normalized spacial score (nSPS) is 28.0. The van der Waals surface area contributed by atoms with Gasteiger partial charge in [-0.15, -0.1) is 0 Å². The Labute approximate surface area is 122 Å². The van der Waals surface area contributed by atoms with Crippen LogP contribution in [0.4, 0.5) is 4.79 Å². The molecule has 0 bridgehead atoms. The van der Waals surface area contributed by atoms with Crippen LogP contribution in [0.3, 0.4) is 0 Å². The van der Waals surface area contributed by atoms with Crippen molar-refractivity contribution >= 4 is 12.1 Å². The van der Waals surface area contributed by atoms with Crippen molar-refractivity contribution in [3.8, 4) is 0 Å². The van der Waals surface area contributed by atoms with Crippen molar-refractivity contribution in [1.82, 2.24) is 4.90 Å². The molecule has 2 atom stereocenters. The number of hydrogen-bond donors (Lipinski definition) is 1. The number of ether oxygens (including phenoxy) is 2. The Morgan fingerprint density at radius 3 is 2.95 bits per heavy atom. The van der Waals surface area contributed by atoms with Gasteiger partial charge in [0, 0.05) is 6.54 Å². The van der Waals surface area contributed by atoms with Crippen LogP contribution < -0.4 is 0 Å². The third kappa shape index (κ3) is 2.85. The lowest BCUT2D eigenvalue weighted by Crippen LogP contribution is -2.54. The largest absolute Gasteiger partial charge is 0.457 e. The summed E-state index contributed by atoms with van der Waals surface area (Å²) in [5, 5.41) is 10.3. The van der Waals surface area contributed by atoms with E-state index in [1.165, 1.54) is 4.90 Å². The molecule has 0 aromatic heterocycles. The third-order valence-electron chi connectivity index (χ3n) is 3.99. The summed E-state index contributed by atoms with van der Waals surface area (Å²) in [5.41, 5.74) is -0.223. The van der Waals surface area contributed by atoms with Crippen LogP contribution in [0.2, 0.25) is 0 Å². The highest BCUT2D eigenvalue weighted by molar-refractivity contribution is 5.74. The topological polar surface area (TPSA) is 76.1 Å². The van der Waals surface area contributed by atoms with E-state index in [9.17, 15) is 14.7 Å². The molecule has 2 heterocycles. The van der Waals surface area contributed by atoms with Crippen molar-refractivity contribution in [2.75, 3.05) is 13.1 Å². The number of benzene rings is 1. The van der Waals surface area contributed by atoms with E-state index in [1.54, 1.807) is 0 Å². The number of rotatable bonds is 2. The first-order chi connectivity index (χ1) is 10.1. The minimum Gasteiger partial charge on any atom is -0.457 e. The van der Waals surface area contributed by atoms with Crippen molar-refractivity contribution < 1.29 is 24.2 Å². The smallest absolute Gasteiger partial charge is 0.410 e. The Hall–Kier alpha value is -2.08. The molecule has 0 radical (unpaired) electrons. The molecule has 1 amide bonds. The van der Waals surface area contributed by atoms with E-state index in [0.717, 1.165) is 5.56 Å². The molecule has 1 N–H and O–H groups in total. The Bertz CT molecular complexity index is 546. The van der Waals surface area contributed by atoms with Crippen LogP contribution in [0.15, 0.2) is 30.3 Å². The Morgan fingerprint density at radius 1 is 1.43 bits per heavy atom. The van der Waals surface area contributed by atoms with E-state index in [0.29, 0.717) is 13.0 Å². The molecule has 1 aromatic rings. The minimum absolute atomic E-state index is 0.00453. The van der Waals surface area contributed by atoms with Gasteiger partial charge in [0.1, 0.15) is 18.3 Å². The van der Waals surface area contributed by atoms with Gasteiger partial charge in [0.05, 0.1) is 13.0 Å². The Kier molecular flexibility index (Phi) is 3.55. The summed E-state index contributed by atoms with van der Waals surface area (Å²) in [7, 11) is 0. The fraction of sp³-hybridized carbons (Fsp3) is 0.467. The fourth-order valence-electron chi connectivity index (χ4n) is 2.73. The molecule has 3 rings (SSSR count). The highest BCUT2D eigenvalue weighted by Gasteiger charge is 2.51.